The number of hydrogen-bond donors (Lipinski definition) is 1. The van der Waals surface area contributed by atoms with Crippen molar-refractivity contribution in [3.8, 4) is 0 Å². The van der Waals surface area contributed by atoms with Crippen molar-refractivity contribution in [2.24, 2.45) is 0 Å². The van der Waals surface area contributed by atoms with Crippen molar-refractivity contribution >= 4 is 38.8 Å². The molecule has 1 amide bonds. The Morgan fingerprint density at radius 1 is 1.22 bits per heavy atom. The number of nitrogens with zero attached hydrogens (tertiary/aromatic N) is 3. The lowest BCUT2D eigenvalue weighted by Gasteiger charge is -2.30. The summed E-state index contributed by atoms with van der Waals surface area (Å²) in [7, 11) is 0. The summed E-state index contributed by atoms with van der Waals surface area (Å²) in [6.45, 7) is 3.24. The van der Waals surface area contributed by atoms with E-state index in [1.165, 1.54) is 11.3 Å². The Bertz CT molecular complexity index is 1160. The lowest BCUT2D eigenvalue weighted by molar-refractivity contribution is 0.0988. The van der Waals surface area contributed by atoms with Crippen LogP contribution in [0, 0.1) is 6.92 Å². The molecule has 4 heterocycles. The van der Waals surface area contributed by atoms with E-state index in [9.17, 15) is 9.59 Å². The molecule has 5 rings (SSSR count). The third kappa shape index (κ3) is 2.34. The number of rotatable bonds is 1. The van der Waals surface area contributed by atoms with Crippen molar-refractivity contribution in [3.05, 3.63) is 50.4 Å². The topological polar surface area (TPSA) is 81.2 Å². The van der Waals surface area contributed by atoms with Crippen LogP contribution in [0.1, 0.15) is 39.5 Å². The van der Waals surface area contributed by atoms with E-state index in [4.69, 9.17) is 5.73 Å². The molecule has 138 valence electrons. The highest BCUT2D eigenvalue weighted by Crippen LogP contribution is 2.35. The molecule has 0 aliphatic carbocycles. The molecule has 0 atom stereocenters. The fourth-order valence-electron chi connectivity index (χ4n) is 4.26. The molecule has 0 spiro atoms. The molecular weight excluding hydrogens is 360 g/mol. The second kappa shape index (κ2) is 5.92. The largest absolute Gasteiger partial charge is 0.398 e. The zero-order valence-corrected chi connectivity index (χ0v) is 15.9. The molecule has 27 heavy (non-hydrogen) atoms. The zero-order chi connectivity index (χ0) is 18.7. The molecule has 0 unspecified atom stereocenters. The number of anilines is 2. The van der Waals surface area contributed by atoms with Gasteiger partial charge in [-0.05, 0) is 49.4 Å². The zero-order valence-electron chi connectivity index (χ0n) is 15.1. The van der Waals surface area contributed by atoms with Gasteiger partial charge in [0.15, 0.2) is 0 Å². The van der Waals surface area contributed by atoms with Crippen molar-refractivity contribution < 1.29 is 4.79 Å². The lowest BCUT2D eigenvalue weighted by Crippen LogP contribution is -2.35. The Balaban J connectivity index is 1.64. The highest BCUT2D eigenvalue weighted by Gasteiger charge is 2.29. The number of hydrogen-bond acceptors (Lipinski definition) is 5. The second-order valence-corrected chi connectivity index (χ2v) is 8.23. The first-order valence-corrected chi connectivity index (χ1v) is 10.1. The summed E-state index contributed by atoms with van der Waals surface area (Å²) in [6.07, 6.45) is 3.54. The summed E-state index contributed by atoms with van der Waals surface area (Å²) in [6, 6.07) is 5.72. The number of aromatic nitrogens is 2. The van der Waals surface area contributed by atoms with E-state index in [2.05, 4.69) is 4.98 Å². The van der Waals surface area contributed by atoms with Crippen molar-refractivity contribution in [2.75, 3.05) is 17.2 Å². The van der Waals surface area contributed by atoms with Crippen molar-refractivity contribution in [3.63, 3.8) is 0 Å². The van der Waals surface area contributed by atoms with Crippen LogP contribution >= 0.6 is 11.3 Å². The molecular formula is C20H20N4O2S. The standard InChI is InChI=1S/C20H20N4O2S/c1-11-16-18(22-15-8-4-10-24(15)19(16)25)27-17(11)20(26)23-9-3-5-12-13(21)6-2-7-14(12)23/h2,6-7H,3-5,8-10,21H2,1H3. The third-order valence-corrected chi connectivity index (χ3v) is 6.81. The number of thiophene rings is 1. The monoisotopic (exact) mass is 380 g/mol. The molecule has 7 heteroatoms. The molecule has 2 aromatic heterocycles. The maximum atomic E-state index is 13.4. The van der Waals surface area contributed by atoms with Gasteiger partial charge in [0.05, 0.1) is 10.3 Å². The Labute approximate surface area is 160 Å². The number of aryl methyl sites for hydroxylation is 2. The van der Waals surface area contributed by atoms with E-state index in [0.29, 0.717) is 28.2 Å². The van der Waals surface area contributed by atoms with Gasteiger partial charge in [-0.2, -0.15) is 0 Å². The molecule has 2 aliphatic rings. The van der Waals surface area contributed by atoms with Gasteiger partial charge in [0.25, 0.3) is 11.5 Å². The summed E-state index contributed by atoms with van der Waals surface area (Å²) in [5.41, 5.74) is 9.51. The molecule has 2 N–H and O–H groups in total. The Morgan fingerprint density at radius 3 is 2.89 bits per heavy atom. The maximum absolute atomic E-state index is 13.4. The number of nitrogen functional groups attached to an aromatic ring is 1. The van der Waals surface area contributed by atoms with E-state index in [1.54, 1.807) is 9.47 Å². The van der Waals surface area contributed by atoms with Gasteiger partial charge in [-0.15, -0.1) is 11.3 Å². The van der Waals surface area contributed by atoms with Crippen LogP contribution in [0.15, 0.2) is 23.0 Å². The molecule has 1 aromatic carbocycles. The van der Waals surface area contributed by atoms with Gasteiger partial charge in [-0.25, -0.2) is 4.98 Å². The van der Waals surface area contributed by atoms with Gasteiger partial charge < -0.3 is 10.6 Å². The smallest absolute Gasteiger partial charge is 0.268 e. The Hall–Kier alpha value is -2.67. The van der Waals surface area contributed by atoms with E-state index in [1.807, 2.05) is 25.1 Å². The number of fused-ring (bicyclic) bond motifs is 3. The van der Waals surface area contributed by atoms with Crippen LogP contribution in [-0.2, 0) is 19.4 Å². The van der Waals surface area contributed by atoms with Crippen LogP contribution in [0.5, 0.6) is 0 Å². The van der Waals surface area contributed by atoms with E-state index in [0.717, 1.165) is 54.0 Å². The molecule has 0 fully saturated rings. The van der Waals surface area contributed by atoms with E-state index in [-0.39, 0.29) is 11.5 Å². The minimum Gasteiger partial charge on any atom is -0.398 e. The summed E-state index contributed by atoms with van der Waals surface area (Å²) in [5, 5.41) is 0.596. The molecule has 0 radical (unpaired) electrons. The van der Waals surface area contributed by atoms with Crippen LogP contribution in [0.2, 0.25) is 0 Å². The lowest BCUT2D eigenvalue weighted by atomic mass is 9.99. The molecule has 0 bridgehead atoms. The fourth-order valence-corrected chi connectivity index (χ4v) is 5.40. The average Bonchev–Trinajstić information content (AvgIpc) is 3.26. The minimum atomic E-state index is -0.0633. The van der Waals surface area contributed by atoms with Gasteiger partial charge >= 0.3 is 0 Å². The predicted octanol–water partition coefficient (Wildman–Crippen LogP) is 2.89. The van der Waals surface area contributed by atoms with Crippen LogP contribution in [-0.4, -0.2) is 22.0 Å². The summed E-state index contributed by atoms with van der Waals surface area (Å²) >= 11 is 1.34. The average molecular weight is 380 g/mol. The molecule has 2 aliphatic heterocycles. The SMILES string of the molecule is Cc1c(C(=O)N2CCCc3c(N)cccc32)sc2nc3n(c(=O)c12)CCC3. The molecule has 0 saturated carbocycles. The molecule has 3 aromatic rings. The highest BCUT2D eigenvalue weighted by atomic mass is 32.1. The van der Waals surface area contributed by atoms with Crippen molar-refractivity contribution in [1.82, 2.24) is 9.55 Å². The predicted molar refractivity (Wildman–Crippen MR) is 108 cm³/mol. The summed E-state index contributed by atoms with van der Waals surface area (Å²) in [5.74, 6) is 0.774. The number of carbonyl (C=O) groups is 1. The van der Waals surface area contributed by atoms with Gasteiger partial charge in [-0.1, -0.05) is 6.07 Å². The van der Waals surface area contributed by atoms with Crippen LogP contribution in [0.3, 0.4) is 0 Å². The van der Waals surface area contributed by atoms with Gasteiger partial charge in [-0.3, -0.25) is 14.2 Å². The quantitative estimate of drug-likeness (QED) is 0.658. The van der Waals surface area contributed by atoms with E-state index < -0.39 is 0 Å². The van der Waals surface area contributed by atoms with E-state index >= 15 is 0 Å². The van der Waals surface area contributed by atoms with Crippen molar-refractivity contribution in [2.45, 2.75) is 39.2 Å². The Morgan fingerprint density at radius 2 is 2.04 bits per heavy atom. The van der Waals surface area contributed by atoms with Crippen LogP contribution < -0.4 is 16.2 Å². The number of carbonyl (C=O) groups excluding carboxylic acids is 1. The Kier molecular flexibility index (Phi) is 3.62. The van der Waals surface area contributed by atoms with Crippen LogP contribution in [0.4, 0.5) is 11.4 Å². The van der Waals surface area contributed by atoms with Gasteiger partial charge in [0, 0.05) is 30.9 Å². The number of nitrogens with two attached hydrogens (primary N) is 1. The first kappa shape index (κ1) is 16.5. The number of amides is 1. The normalized spacial score (nSPS) is 15.8. The highest BCUT2D eigenvalue weighted by molar-refractivity contribution is 7.20. The fraction of sp³-hybridized carbons (Fsp3) is 0.350. The first-order valence-electron chi connectivity index (χ1n) is 9.28. The number of benzene rings is 1. The third-order valence-electron chi connectivity index (χ3n) is 5.64. The van der Waals surface area contributed by atoms with Crippen molar-refractivity contribution in [1.29, 1.82) is 0 Å². The summed E-state index contributed by atoms with van der Waals surface area (Å²) < 4.78 is 1.76. The molecule has 6 nitrogen and oxygen atoms in total. The summed E-state index contributed by atoms with van der Waals surface area (Å²) in [4.78, 5) is 34.0. The maximum Gasteiger partial charge on any atom is 0.268 e. The van der Waals surface area contributed by atoms with Gasteiger partial charge in [0.1, 0.15) is 10.7 Å². The first-order chi connectivity index (χ1) is 13.1. The minimum absolute atomic E-state index is 0.0106. The van der Waals surface area contributed by atoms with Crippen LogP contribution in [0.25, 0.3) is 10.2 Å². The van der Waals surface area contributed by atoms with Gasteiger partial charge in [0.2, 0.25) is 0 Å². The second-order valence-electron chi connectivity index (χ2n) is 7.23. The molecule has 0 saturated heterocycles.